The third-order valence-electron chi connectivity index (χ3n) is 4.45. The number of hydrogen-bond donors (Lipinski definition) is 0. The molecule has 3 rings (SSSR count). The van der Waals surface area contributed by atoms with Crippen LogP contribution in [0.5, 0.6) is 0 Å². The first-order valence-electron chi connectivity index (χ1n) is 8.57. The zero-order valence-electron chi connectivity index (χ0n) is 14.9. The number of carbonyl (C=O) groups is 1. The quantitative estimate of drug-likeness (QED) is 0.579. The first kappa shape index (κ1) is 19.1. The summed E-state index contributed by atoms with van der Waals surface area (Å²) in [7, 11) is 1.68. The zero-order valence-corrected chi connectivity index (χ0v) is 15.7. The Morgan fingerprint density at radius 3 is 2.52 bits per heavy atom. The molecule has 1 aliphatic rings. The van der Waals surface area contributed by atoms with Crippen molar-refractivity contribution in [2.24, 2.45) is 0 Å². The Bertz CT molecular complexity index is 835. The molecule has 0 bridgehead atoms. The number of nitro benzene ring substituents is 1. The maximum absolute atomic E-state index is 13.1. The van der Waals surface area contributed by atoms with Crippen LogP contribution in [-0.4, -0.2) is 49.1 Å². The highest BCUT2D eigenvalue weighted by molar-refractivity contribution is 6.30. The number of nitrogens with zero attached hydrogens (tertiary/aromatic N) is 3. The number of ether oxygens (including phenoxy) is 1. The molecule has 7 nitrogen and oxygen atoms in total. The van der Waals surface area contributed by atoms with Crippen molar-refractivity contribution in [3.05, 3.63) is 68.7 Å². The van der Waals surface area contributed by atoms with Crippen LogP contribution in [0, 0.1) is 10.1 Å². The third kappa shape index (κ3) is 4.56. The minimum Gasteiger partial charge on any atom is -0.378 e. The molecule has 0 spiro atoms. The van der Waals surface area contributed by atoms with Gasteiger partial charge in [0.1, 0.15) is 0 Å². The topological polar surface area (TPSA) is 75.9 Å². The molecule has 1 aliphatic heterocycles. The van der Waals surface area contributed by atoms with Crippen LogP contribution in [0.15, 0.2) is 42.5 Å². The Kier molecular flexibility index (Phi) is 5.93. The van der Waals surface area contributed by atoms with E-state index in [-0.39, 0.29) is 11.6 Å². The van der Waals surface area contributed by atoms with Crippen LogP contribution in [0.25, 0.3) is 0 Å². The summed E-state index contributed by atoms with van der Waals surface area (Å²) in [6.07, 6.45) is 0. The molecule has 8 heteroatoms. The summed E-state index contributed by atoms with van der Waals surface area (Å²) < 4.78 is 5.36. The largest absolute Gasteiger partial charge is 0.378 e. The molecule has 0 saturated carbocycles. The Morgan fingerprint density at radius 1 is 1.22 bits per heavy atom. The number of carbonyl (C=O) groups excluding carboxylic acids is 1. The minimum absolute atomic E-state index is 0.102. The van der Waals surface area contributed by atoms with Crippen LogP contribution in [0.1, 0.15) is 15.9 Å². The molecule has 2 aromatic rings. The highest BCUT2D eigenvalue weighted by atomic mass is 35.5. The maximum Gasteiger partial charge on any atom is 0.270 e. The first-order valence-corrected chi connectivity index (χ1v) is 8.94. The SMILES string of the molecule is CN(Cc1ccc(Cl)cc1)C(=O)c1cc([N+](=O)[O-])ccc1N1CCOCC1. The smallest absolute Gasteiger partial charge is 0.270 e. The molecule has 27 heavy (non-hydrogen) atoms. The van der Waals surface area contributed by atoms with Gasteiger partial charge in [-0.15, -0.1) is 0 Å². The van der Waals surface area contributed by atoms with E-state index >= 15 is 0 Å². The Morgan fingerprint density at radius 2 is 1.89 bits per heavy atom. The molecule has 0 N–H and O–H groups in total. The second-order valence-corrected chi connectivity index (χ2v) is 6.78. The third-order valence-corrected chi connectivity index (χ3v) is 4.70. The highest BCUT2D eigenvalue weighted by Crippen LogP contribution is 2.28. The highest BCUT2D eigenvalue weighted by Gasteiger charge is 2.24. The number of amides is 1. The summed E-state index contributed by atoms with van der Waals surface area (Å²) in [5, 5.41) is 11.8. The van der Waals surface area contributed by atoms with Gasteiger partial charge < -0.3 is 14.5 Å². The van der Waals surface area contributed by atoms with Gasteiger partial charge in [-0.3, -0.25) is 14.9 Å². The van der Waals surface area contributed by atoms with Crippen molar-refractivity contribution in [2.45, 2.75) is 6.54 Å². The lowest BCUT2D eigenvalue weighted by atomic mass is 10.1. The number of anilines is 1. The fourth-order valence-electron chi connectivity index (χ4n) is 3.03. The molecule has 0 aromatic heterocycles. The standard InChI is InChI=1S/C19H20ClN3O4/c1-21(13-14-2-4-15(20)5-3-14)19(24)17-12-16(23(25)26)6-7-18(17)22-8-10-27-11-9-22/h2-7,12H,8-11,13H2,1H3. The van der Waals surface area contributed by atoms with Crippen molar-refractivity contribution >= 4 is 28.9 Å². The zero-order chi connectivity index (χ0) is 19.4. The Hall–Kier alpha value is -2.64. The lowest BCUT2D eigenvalue weighted by molar-refractivity contribution is -0.384. The summed E-state index contributed by atoms with van der Waals surface area (Å²) in [6, 6.07) is 11.7. The average Bonchev–Trinajstić information content (AvgIpc) is 2.69. The number of halogens is 1. The van der Waals surface area contributed by atoms with E-state index in [1.807, 2.05) is 17.0 Å². The van der Waals surface area contributed by atoms with Gasteiger partial charge in [0, 0.05) is 43.8 Å². The van der Waals surface area contributed by atoms with Crippen molar-refractivity contribution in [1.82, 2.24) is 4.90 Å². The van der Waals surface area contributed by atoms with Gasteiger partial charge in [-0.25, -0.2) is 0 Å². The van der Waals surface area contributed by atoms with Gasteiger partial charge in [0.05, 0.1) is 29.4 Å². The van der Waals surface area contributed by atoms with Crippen molar-refractivity contribution in [2.75, 3.05) is 38.3 Å². The number of nitro groups is 1. The van der Waals surface area contributed by atoms with Crippen molar-refractivity contribution < 1.29 is 14.5 Å². The molecular weight excluding hydrogens is 370 g/mol. The van der Waals surface area contributed by atoms with Gasteiger partial charge in [-0.05, 0) is 23.8 Å². The molecule has 0 atom stereocenters. The van der Waals surface area contributed by atoms with E-state index in [0.29, 0.717) is 49.1 Å². The van der Waals surface area contributed by atoms with E-state index in [1.54, 1.807) is 30.1 Å². The molecule has 1 fully saturated rings. The molecular formula is C19H20ClN3O4. The number of hydrogen-bond acceptors (Lipinski definition) is 5. The van der Waals surface area contributed by atoms with Crippen molar-refractivity contribution in [1.29, 1.82) is 0 Å². The molecule has 1 heterocycles. The van der Waals surface area contributed by atoms with E-state index < -0.39 is 4.92 Å². The predicted octanol–water partition coefficient (Wildman–Crippen LogP) is 3.36. The van der Waals surface area contributed by atoms with E-state index in [1.165, 1.54) is 12.1 Å². The van der Waals surface area contributed by atoms with Gasteiger partial charge in [0.15, 0.2) is 0 Å². The van der Waals surface area contributed by atoms with E-state index in [2.05, 4.69) is 0 Å². The van der Waals surface area contributed by atoms with E-state index in [0.717, 1.165) is 5.56 Å². The summed E-state index contributed by atoms with van der Waals surface area (Å²) in [4.78, 5) is 27.3. The van der Waals surface area contributed by atoms with Crippen LogP contribution in [-0.2, 0) is 11.3 Å². The van der Waals surface area contributed by atoms with Crippen molar-refractivity contribution in [3.63, 3.8) is 0 Å². The van der Waals surface area contributed by atoms with Gasteiger partial charge in [-0.1, -0.05) is 23.7 Å². The van der Waals surface area contributed by atoms with Gasteiger partial charge in [-0.2, -0.15) is 0 Å². The normalized spacial score (nSPS) is 14.1. The molecule has 1 saturated heterocycles. The predicted molar refractivity (Wildman–Crippen MR) is 103 cm³/mol. The van der Waals surface area contributed by atoms with Crippen molar-refractivity contribution in [3.8, 4) is 0 Å². The van der Waals surface area contributed by atoms with Crippen LogP contribution in [0.4, 0.5) is 11.4 Å². The summed E-state index contributed by atoms with van der Waals surface area (Å²) in [5.41, 5.74) is 1.84. The Balaban J connectivity index is 1.89. The molecule has 2 aromatic carbocycles. The molecule has 1 amide bonds. The fraction of sp³-hybridized carbons (Fsp3) is 0.316. The number of morpholine rings is 1. The summed E-state index contributed by atoms with van der Waals surface area (Å²) >= 11 is 5.90. The van der Waals surface area contributed by atoms with Gasteiger partial charge >= 0.3 is 0 Å². The van der Waals surface area contributed by atoms with Crippen LogP contribution >= 0.6 is 11.6 Å². The van der Waals surface area contributed by atoms with Crippen LogP contribution in [0.2, 0.25) is 5.02 Å². The first-order chi connectivity index (χ1) is 13.0. The Labute approximate surface area is 162 Å². The molecule has 0 radical (unpaired) electrons. The summed E-state index contributed by atoms with van der Waals surface area (Å²) in [5.74, 6) is -0.268. The molecule has 0 aliphatic carbocycles. The average molecular weight is 390 g/mol. The fourth-order valence-corrected chi connectivity index (χ4v) is 3.16. The van der Waals surface area contributed by atoms with Crippen LogP contribution < -0.4 is 4.90 Å². The van der Waals surface area contributed by atoms with E-state index in [9.17, 15) is 14.9 Å². The number of rotatable bonds is 5. The molecule has 142 valence electrons. The summed E-state index contributed by atoms with van der Waals surface area (Å²) in [6.45, 7) is 2.77. The second kappa shape index (κ2) is 8.37. The van der Waals surface area contributed by atoms with Gasteiger partial charge in [0.2, 0.25) is 0 Å². The van der Waals surface area contributed by atoms with E-state index in [4.69, 9.17) is 16.3 Å². The van der Waals surface area contributed by atoms with Crippen LogP contribution in [0.3, 0.4) is 0 Å². The minimum atomic E-state index is -0.487. The second-order valence-electron chi connectivity index (χ2n) is 6.35. The number of non-ortho nitro benzene ring substituents is 1. The lowest BCUT2D eigenvalue weighted by Gasteiger charge is -2.31. The number of benzene rings is 2. The molecule has 0 unspecified atom stereocenters. The van der Waals surface area contributed by atoms with Gasteiger partial charge in [0.25, 0.3) is 11.6 Å². The maximum atomic E-state index is 13.1. The monoisotopic (exact) mass is 389 g/mol. The lowest BCUT2D eigenvalue weighted by Crippen LogP contribution is -2.38.